The Morgan fingerprint density at radius 3 is 2.78 bits per heavy atom. The fraction of sp³-hybridized carbons (Fsp3) is 0.733. The van der Waals surface area contributed by atoms with Gasteiger partial charge in [0.15, 0.2) is 0 Å². The molecule has 0 aromatic carbocycles. The summed E-state index contributed by atoms with van der Waals surface area (Å²) in [5, 5.41) is 0. The molecular weight excluding hydrogens is 264 g/mol. The Morgan fingerprint density at radius 1 is 1.39 bits per heavy atom. The van der Waals surface area contributed by atoms with Crippen molar-refractivity contribution >= 4 is 22.9 Å². The molecule has 0 amide bonds. The molecule has 1 aromatic rings. The fourth-order valence-corrected chi connectivity index (χ4v) is 4.67. The number of aryl methyl sites for hydroxylation is 1. The van der Waals surface area contributed by atoms with Crippen molar-refractivity contribution in [1.29, 1.82) is 0 Å². The molecule has 0 N–H and O–H groups in total. The van der Waals surface area contributed by atoms with Crippen molar-refractivity contribution in [3.8, 4) is 0 Å². The Hall–Kier alpha value is -0.0500. The minimum atomic E-state index is 0.207. The maximum atomic E-state index is 6.35. The van der Waals surface area contributed by atoms with Crippen molar-refractivity contribution in [3.63, 3.8) is 0 Å². The van der Waals surface area contributed by atoms with Crippen molar-refractivity contribution in [2.45, 2.75) is 45.1 Å². The number of hydrogen-bond donors (Lipinski definition) is 0. The van der Waals surface area contributed by atoms with E-state index in [1.807, 2.05) is 11.3 Å². The average molecular weight is 285 g/mol. The van der Waals surface area contributed by atoms with Crippen LogP contribution in [-0.4, -0.2) is 18.6 Å². The van der Waals surface area contributed by atoms with Crippen molar-refractivity contribution in [2.75, 3.05) is 12.5 Å². The third kappa shape index (κ3) is 2.35. The minimum absolute atomic E-state index is 0.207. The highest BCUT2D eigenvalue weighted by Crippen LogP contribution is 2.50. The normalized spacial score (nSPS) is 32.0. The van der Waals surface area contributed by atoms with E-state index in [1.165, 1.54) is 22.6 Å². The zero-order valence-corrected chi connectivity index (χ0v) is 12.5. The Bertz CT molecular complexity index is 412. The number of alkyl halides is 1. The maximum absolute atomic E-state index is 6.35. The second-order valence-corrected chi connectivity index (χ2v) is 7.29. The standard InChI is InChI=1S/C15H21ClOS/c1-2-12-5-6-13(18-12)9-15(10-16)7-8-17-14(15)11-3-4-11/h5-6,11,14H,2-4,7-10H2,1H3. The Morgan fingerprint density at radius 2 is 2.17 bits per heavy atom. The first kappa shape index (κ1) is 13.0. The van der Waals surface area contributed by atoms with E-state index < -0.39 is 0 Å². The summed E-state index contributed by atoms with van der Waals surface area (Å²) < 4.78 is 6.01. The largest absolute Gasteiger partial charge is 0.377 e. The highest BCUT2D eigenvalue weighted by Gasteiger charge is 2.50. The molecule has 1 saturated heterocycles. The Kier molecular flexibility index (Phi) is 3.70. The van der Waals surface area contributed by atoms with Gasteiger partial charge in [-0.2, -0.15) is 0 Å². The number of hydrogen-bond acceptors (Lipinski definition) is 2. The third-order valence-electron chi connectivity index (χ3n) is 4.41. The number of halogens is 1. The van der Waals surface area contributed by atoms with Crippen LogP contribution in [0, 0.1) is 11.3 Å². The molecule has 2 unspecified atom stereocenters. The second-order valence-electron chi connectivity index (χ2n) is 5.77. The highest BCUT2D eigenvalue weighted by atomic mass is 35.5. The van der Waals surface area contributed by atoms with Crippen LogP contribution in [0.1, 0.15) is 35.9 Å². The monoisotopic (exact) mass is 284 g/mol. The number of thiophene rings is 1. The molecule has 2 fully saturated rings. The van der Waals surface area contributed by atoms with E-state index in [2.05, 4.69) is 19.1 Å². The molecule has 18 heavy (non-hydrogen) atoms. The smallest absolute Gasteiger partial charge is 0.0675 e. The van der Waals surface area contributed by atoms with Gasteiger partial charge < -0.3 is 4.74 Å². The van der Waals surface area contributed by atoms with Gasteiger partial charge in [0.25, 0.3) is 0 Å². The van der Waals surface area contributed by atoms with Gasteiger partial charge in [0, 0.05) is 27.7 Å². The molecule has 1 saturated carbocycles. The lowest BCUT2D eigenvalue weighted by Crippen LogP contribution is -2.36. The lowest BCUT2D eigenvalue weighted by atomic mass is 9.77. The predicted molar refractivity (Wildman–Crippen MR) is 77.6 cm³/mol. The van der Waals surface area contributed by atoms with Gasteiger partial charge in [-0.25, -0.2) is 0 Å². The summed E-state index contributed by atoms with van der Waals surface area (Å²) in [5.41, 5.74) is 0.207. The van der Waals surface area contributed by atoms with E-state index in [0.717, 1.165) is 37.7 Å². The molecule has 1 nitrogen and oxygen atoms in total. The fourth-order valence-electron chi connectivity index (χ4n) is 3.18. The molecule has 2 atom stereocenters. The molecule has 2 heterocycles. The topological polar surface area (TPSA) is 9.23 Å². The van der Waals surface area contributed by atoms with Gasteiger partial charge in [-0.05, 0) is 50.2 Å². The quantitative estimate of drug-likeness (QED) is 0.734. The molecule has 1 aliphatic heterocycles. The SMILES string of the molecule is CCc1ccc(CC2(CCl)CCOC2C2CC2)s1. The van der Waals surface area contributed by atoms with Gasteiger partial charge in [0.05, 0.1) is 6.10 Å². The summed E-state index contributed by atoms with van der Waals surface area (Å²) in [7, 11) is 0. The molecule has 1 aliphatic carbocycles. The summed E-state index contributed by atoms with van der Waals surface area (Å²) in [6, 6.07) is 4.56. The summed E-state index contributed by atoms with van der Waals surface area (Å²) in [6.07, 6.45) is 6.49. The van der Waals surface area contributed by atoms with Gasteiger partial charge in [-0.15, -0.1) is 22.9 Å². The summed E-state index contributed by atoms with van der Waals surface area (Å²) >= 11 is 8.30. The lowest BCUT2D eigenvalue weighted by Gasteiger charge is -2.32. The third-order valence-corrected chi connectivity index (χ3v) is 6.17. The second kappa shape index (κ2) is 5.15. The first-order valence-corrected chi connectivity index (χ1v) is 8.37. The molecule has 100 valence electrons. The van der Waals surface area contributed by atoms with Crippen LogP contribution in [0.3, 0.4) is 0 Å². The van der Waals surface area contributed by atoms with Crippen LogP contribution in [-0.2, 0) is 17.6 Å². The van der Waals surface area contributed by atoms with E-state index in [1.54, 1.807) is 0 Å². The summed E-state index contributed by atoms with van der Waals surface area (Å²) in [6.45, 7) is 3.12. The zero-order valence-electron chi connectivity index (χ0n) is 11.0. The van der Waals surface area contributed by atoms with E-state index >= 15 is 0 Å². The molecular formula is C15H21ClOS. The van der Waals surface area contributed by atoms with E-state index in [4.69, 9.17) is 16.3 Å². The van der Waals surface area contributed by atoms with Gasteiger partial charge in [0.1, 0.15) is 0 Å². The van der Waals surface area contributed by atoms with Crippen LogP contribution >= 0.6 is 22.9 Å². The van der Waals surface area contributed by atoms with Gasteiger partial charge in [-0.3, -0.25) is 0 Å². The van der Waals surface area contributed by atoms with Gasteiger partial charge >= 0.3 is 0 Å². The molecule has 3 heteroatoms. The minimum Gasteiger partial charge on any atom is -0.377 e. The Labute approximate surface area is 118 Å². The van der Waals surface area contributed by atoms with Gasteiger partial charge in [-0.1, -0.05) is 6.92 Å². The van der Waals surface area contributed by atoms with Crippen molar-refractivity contribution < 1.29 is 4.74 Å². The first-order valence-electron chi connectivity index (χ1n) is 7.02. The van der Waals surface area contributed by atoms with Crippen molar-refractivity contribution in [2.24, 2.45) is 11.3 Å². The zero-order chi connectivity index (χ0) is 12.6. The van der Waals surface area contributed by atoms with Crippen LogP contribution in [0.5, 0.6) is 0 Å². The van der Waals surface area contributed by atoms with Gasteiger partial charge in [0.2, 0.25) is 0 Å². The van der Waals surface area contributed by atoms with Crippen LogP contribution in [0.25, 0.3) is 0 Å². The van der Waals surface area contributed by atoms with Crippen LogP contribution in [0.15, 0.2) is 12.1 Å². The average Bonchev–Trinajstić information content (AvgIpc) is 2.99. The van der Waals surface area contributed by atoms with Crippen LogP contribution in [0.4, 0.5) is 0 Å². The van der Waals surface area contributed by atoms with Crippen molar-refractivity contribution in [1.82, 2.24) is 0 Å². The highest BCUT2D eigenvalue weighted by molar-refractivity contribution is 7.12. The van der Waals surface area contributed by atoms with E-state index in [-0.39, 0.29) is 5.41 Å². The molecule has 1 aromatic heterocycles. The van der Waals surface area contributed by atoms with Crippen molar-refractivity contribution in [3.05, 3.63) is 21.9 Å². The van der Waals surface area contributed by atoms with E-state index in [9.17, 15) is 0 Å². The van der Waals surface area contributed by atoms with Crippen LogP contribution < -0.4 is 0 Å². The first-order chi connectivity index (χ1) is 8.77. The molecule has 0 spiro atoms. The predicted octanol–water partition coefficient (Wildman–Crippen LogP) is 4.28. The molecule has 0 bridgehead atoms. The lowest BCUT2D eigenvalue weighted by molar-refractivity contribution is 0.0406. The molecule has 2 aliphatic rings. The molecule has 3 rings (SSSR count). The number of rotatable bonds is 5. The maximum Gasteiger partial charge on any atom is 0.0675 e. The summed E-state index contributed by atoms with van der Waals surface area (Å²) in [5.74, 6) is 1.53. The van der Waals surface area contributed by atoms with E-state index in [0.29, 0.717) is 6.10 Å². The van der Waals surface area contributed by atoms with Crippen LogP contribution in [0.2, 0.25) is 0 Å². The summed E-state index contributed by atoms with van der Waals surface area (Å²) in [4.78, 5) is 2.97. The number of ether oxygens (including phenoxy) is 1. The molecule has 0 radical (unpaired) electrons. The Balaban J connectivity index is 1.78.